The highest BCUT2D eigenvalue weighted by atomic mass is 28.3. The van der Waals surface area contributed by atoms with E-state index in [9.17, 15) is 8.78 Å². The Morgan fingerprint density at radius 1 is 0.892 bits per heavy atom. The number of nitrogens with zero attached hydrogens (tertiary/aromatic N) is 2. The Bertz CT molecular complexity index is 1920. The fourth-order valence-electron chi connectivity index (χ4n) is 4.83. The zero-order chi connectivity index (χ0) is 27.9. The molecule has 0 unspecified atom stereocenters. The molecular formula is C30H27F2N2O2Si+. The van der Waals surface area contributed by atoms with Gasteiger partial charge in [0.25, 0.3) is 0 Å². The second kappa shape index (κ2) is 8.35. The van der Waals surface area contributed by atoms with Crippen LogP contribution in [0.5, 0.6) is 0 Å². The molecule has 0 saturated carbocycles. The number of pyridine rings is 1. The Morgan fingerprint density at radius 3 is 2.32 bits per heavy atom. The van der Waals surface area contributed by atoms with Crippen molar-refractivity contribution >= 4 is 41.1 Å². The Morgan fingerprint density at radius 2 is 1.59 bits per heavy atom. The molecule has 0 spiro atoms. The van der Waals surface area contributed by atoms with Crippen LogP contribution in [0.15, 0.2) is 69.6 Å². The lowest BCUT2D eigenvalue weighted by molar-refractivity contribution is -0.660. The van der Waals surface area contributed by atoms with Gasteiger partial charge in [0.1, 0.15) is 29.8 Å². The lowest BCUT2D eigenvalue weighted by Crippen LogP contribution is -2.32. The summed E-state index contributed by atoms with van der Waals surface area (Å²) in [6.45, 7) is 8.09. The molecule has 37 heavy (non-hydrogen) atoms. The zero-order valence-corrected chi connectivity index (χ0v) is 22.2. The Balaban J connectivity index is 1.60. The molecule has 6 rings (SSSR count). The normalized spacial score (nSPS) is 13.5. The fraction of sp³-hybridized carbons (Fsp3) is 0.200. The topological polar surface area (TPSA) is 43.0 Å². The summed E-state index contributed by atoms with van der Waals surface area (Å²) in [5, 5.41) is 1.70. The summed E-state index contributed by atoms with van der Waals surface area (Å²) in [6, 6.07) is 14.7. The summed E-state index contributed by atoms with van der Waals surface area (Å²) in [4.78, 5) is 4.46. The van der Waals surface area contributed by atoms with Crippen LogP contribution in [-0.4, -0.2) is 13.1 Å². The summed E-state index contributed by atoms with van der Waals surface area (Å²) in [5.41, 5.74) is 5.55. The molecule has 0 fully saturated rings. The number of hydrogen-bond donors (Lipinski definition) is 0. The van der Waals surface area contributed by atoms with Crippen molar-refractivity contribution < 1.29 is 24.9 Å². The summed E-state index contributed by atoms with van der Waals surface area (Å²) in [5.74, 6) is -2.75. The second-order valence-corrected chi connectivity index (χ2v) is 15.2. The van der Waals surface area contributed by atoms with Crippen LogP contribution in [0.3, 0.4) is 0 Å². The van der Waals surface area contributed by atoms with E-state index in [1.807, 2.05) is 74.7 Å². The van der Waals surface area contributed by atoms with Gasteiger partial charge in [0.2, 0.25) is 11.6 Å². The van der Waals surface area contributed by atoms with Gasteiger partial charge >= 0.3 is 0 Å². The first-order valence-electron chi connectivity index (χ1n) is 13.1. The molecule has 7 heteroatoms. The van der Waals surface area contributed by atoms with Gasteiger partial charge in [0, 0.05) is 45.4 Å². The largest absolute Gasteiger partial charge is 0.451 e. The third kappa shape index (κ3) is 4.13. The van der Waals surface area contributed by atoms with Gasteiger partial charge in [-0.25, -0.2) is 18.3 Å². The molecular weight excluding hydrogens is 486 g/mol. The number of furan rings is 1. The standard InChI is InChI=1S/C30H27F2N2O2Si/c1-17-6-7-22-23-8-9-24-29(36-30(33-24)19-13-20(31)15-21(32)14-19)28(23)35-27(22)26(17)25-12-18(10-11-34(25)2)16-37(3,4)5/h6-15H,16H2,1-5H3/q+1/i16D2. The number of rotatable bonds is 4. The number of aryl methyl sites for hydroxylation is 2. The van der Waals surface area contributed by atoms with E-state index in [1.54, 1.807) is 6.07 Å². The maximum atomic E-state index is 13.9. The minimum atomic E-state index is -2.19. The monoisotopic (exact) mass is 515 g/mol. The highest BCUT2D eigenvalue weighted by molar-refractivity contribution is 6.75. The molecule has 0 atom stereocenters. The van der Waals surface area contributed by atoms with Crippen molar-refractivity contribution in [3.63, 3.8) is 0 Å². The average Bonchev–Trinajstić information content (AvgIpc) is 3.45. The molecule has 3 heterocycles. The number of halogens is 2. The first-order valence-corrected chi connectivity index (χ1v) is 15.6. The van der Waals surface area contributed by atoms with E-state index >= 15 is 0 Å². The van der Waals surface area contributed by atoms with Crippen LogP contribution in [0.2, 0.25) is 19.6 Å². The minimum absolute atomic E-state index is 0.0976. The molecule has 0 bridgehead atoms. The van der Waals surface area contributed by atoms with E-state index in [-0.39, 0.29) is 11.5 Å². The molecule has 0 aliphatic rings. The molecule has 3 aromatic carbocycles. The smallest absolute Gasteiger partial charge is 0.227 e. The highest BCUT2D eigenvalue weighted by Crippen LogP contribution is 2.40. The van der Waals surface area contributed by atoms with E-state index in [0.29, 0.717) is 27.8 Å². The quantitative estimate of drug-likeness (QED) is 0.177. The van der Waals surface area contributed by atoms with Gasteiger partial charge in [0.15, 0.2) is 17.4 Å². The minimum Gasteiger partial charge on any atom is -0.451 e. The van der Waals surface area contributed by atoms with Crippen molar-refractivity contribution in [3.8, 4) is 22.7 Å². The number of fused-ring (bicyclic) bond motifs is 5. The molecule has 6 aromatic rings. The third-order valence-electron chi connectivity index (χ3n) is 6.41. The van der Waals surface area contributed by atoms with E-state index in [2.05, 4.69) is 4.98 Å². The predicted octanol–water partition coefficient (Wildman–Crippen LogP) is 7.89. The lowest BCUT2D eigenvalue weighted by Gasteiger charge is -2.16. The highest BCUT2D eigenvalue weighted by Gasteiger charge is 2.24. The number of oxazole rings is 1. The molecule has 0 aliphatic heterocycles. The second-order valence-electron chi connectivity index (χ2n) is 10.5. The van der Waals surface area contributed by atoms with Crippen LogP contribution >= 0.6 is 0 Å². The first kappa shape index (κ1) is 21.3. The average molecular weight is 516 g/mol. The fourth-order valence-corrected chi connectivity index (χ4v) is 5.85. The molecule has 0 amide bonds. The predicted molar refractivity (Wildman–Crippen MR) is 145 cm³/mol. The lowest BCUT2D eigenvalue weighted by atomic mass is 10.00. The van der Waals surface area contributed by atoms with Crippen molar-refractivity contribution in [1.82, 2.24) is 4.98 Å². The molecule has 0 radical (unpaired) electrons. The van der Waals surface area contributed by atoms with Gasteiger partial charge in [-0.1, -0.05) is 31.8 Å². The van der Waals surface area contributed by atoms with Crippen molar-refractivity contribution in [1.29, 1.82) is 0 Å². The number of hydrogen-bond acceptors (Lipinski definition) is 3. The number of benzene rings is 3. The molecule has 0 aliphatic carbocycles. The van der Waals surface area contributed by atoms with E-state index in [4.69, 9.17) is 11.6 Å². The van der Waals surface area contributed by atoms with Gasteiger partial charge in [-0.3, -0.25) is 0 Å². The molecule has 0 saturated heterocycles. The van der Waals surface area contributed by atoms with Gasteiger partial charge in [-0.05, 0) is 48.3 Å². The molecule has 0 N–H and O–H groups in total. The van der Waals surface area contributed by atoms with Gasteiger partial charge in [-0.2, -0.15) is 0 Å². The summed E-state index contributed by atoms with van der Waals surface area (Å²) >= 11 is 0. The maximum Gasteiger partial charge on any atom is 0.227 e. The third-order valence-corrected chi connectivity index (χ3v) is 7.45. The van der Waals surface area contributed by atoms with Gasteiger partial charge in [0.05, 0.1) is 5.56 Å². The van der Waals surface area contributed by atoms with Crippen LogP contribution in [0.25, 0.3) is 55.7 Å². The van der Waals surface area contributed by atoms with Crippen LogP contribution in [-0.2, 0) is 13.0 Å². The van der Waals surface area contributed by atoms with E-state index in [0.717, 1.165) is 33.7 Å². The number of aromatic nitrogens is 2. The Hall–Kier alpha value is -3.84. The molecule has 4 nitrogen and oxygen atoms in total. The summed E-state index contributed by atoms with van der Waals surface area (Å²) in [6.07, 6.45) is 1.89. The van der Waals surface area contributed by atoms with Crippen LogP contribution < -0.4 is 4.57 Å². The van der Waals surface area contributed by atoms with Crippen molar-refractivity contribution in [2.75, 3.05) is 0 Å². The Kier molecular flexibility index (Phi) is 4.80. The zero-order valence-electron chi connectivity index (χ0n) is 23.2. The van der Waals surface area contributed by atoms with Gasteiger partial charge in [-0.15, -0.1) is 0 Å². The summed E-state index contributed by atoms with van der Waals surface area (Å²) < 4.78 is 59.9. The van der Waals surface area contributed by atoms with Crippen LogP contribution in [0.1, 0.15) is 13.9 Å². The maximum absolute atomic E-state index is 13.9. The van der Waals surface area contributed by atoms with Crippen LogP contribution in [0.4, 0.5) is 8.78 Å². The van der Waals surface area contributed by atoms with Crippen LogP contribution in [0, 0.1) is 18.6 Å². The Labute approximate surface area is 217 Å². The first-order chi connectivity index (χ1) is 18.3. The van der Waals surface area contributed by atoms with Crippen molar-refractivity contribution in [3.05, 3.63) is 83.6 Å². The van der Waals surface area contributed by atoms with Crippen molar-refractivity contribution in [2.45, 2.75) is 32.6 Å². The molecule has 186 valence electrons. The van der Waals surface area contributed by atoms with Crippen molar-refractivity contribution in [2.24, 2.45) is 7.05 Å². The van der Waals surface area contributed by atoms with E-state index in [1.165, 1.54) is 12.1 Å². The SMILES string of the molecule is [2H]C([2H])(c1cc[n+](C)c(-c2c(C)ccc3c2oc2c3ccc3nc(-c4cc(F)cc(F)c4)oc32)c1)[Si](C)(C)C. The molecule has 3 aromatic heterocycles. The summed E-state index contributed by atoms with van der Waals surface area (Å²) in [7, 11) is -0.256. The van der Waals surface area contributed by atoms with Gasteiger partial charge < -0.3 is 8.83 Å². The van der Waals surface area contributed by atoms with E-state index < -0.39 is 25.7 Å².